The number of aromatic nitrogens is 1. The lowest BCUT2D eigenvalue weighted by atomic mass is 10.1. The first kappa shape index (κ1) is 23.7. The number of benzene rings is 3. The van der Waals surface area contributed by atoms with Crippen LogP contribution < -0.4 is 9.47 Å². The molecule has 3 N–H and O–H groups in total. The van der Waals surface area contributed by atoms with Crippen LogP contribution in [0.5, 0.6) is 17.2 Å². The Morgan fingerprint density at radius 3 is 2.54 bits per heavy atom. The van der Waals surface area contributed by atoms with Crippen molar-refractivity contribution < 1.29 is 29.3 Å². The van der Waals surface area contributed by atoms with E-state index < -0.39 is 5.97 Å². The number of H-pyrrole nitrogens is 1. The summed E-state index contributed by atoms with van der Waals surface area (Å²) in [5.41, 5.74) is 2.62. The zero-order valence-corrected chi connectivity index (χ0v) is 19.2. The van der Waals surface area contributed by atoms with Gasteiger partial charge in [-0.05, 0) is 36.2 Å². The lowest BCUT2D eigenvalue weighted by molar-refractivity contribution is -0.134. The summed E-state index contributed by atoms with van der Waals surface area (Å²) >= 11 is 0. The second-order valence-corrected chi connectivity index (χ2v) is 8.01. The quantitative estimate of drug-likeness (QED) is 0.317. The lowest BCUT2D eigenvalue weighted by Gasteiger charge is -2.23. The van der Waals surface area contributed by atoms with Gasteiger partial charge in [-0.1, -0.05) is 36.4 Å². The number of aromatic hydroxyl groups is 1. The molecule has 8 nitrogen and oxygen atoms in total. The number of carboxylic acid groups (broad SMARTS) is 1. The molecule has 0 unspecified atom stereocenters. The van der Waals surface area contributed by atoms with Gasteiger partial charge in [0.25, 0.3) is 5.91 Å². The van der Waals surface area contributed by atoms with E-state index in [0.717, 1.165) is 16.5 Å². The zero-order valence-electron chi connectivity index (χ0n) is 19.2. The number of carbonyl (C=O) groups excluding carboxylic acids is 1. The van der Waals surface area contributed by atoms with Crippen molar-refractivity contribution in [3.05, 3.63) is 89.6 Å². The van der Waals surface area contributed by atoms with E-state index in [1.165, 1.54) is 25.3 Å². The van der Waals surface area contributed by atoms with Crippen LogP contribution in [0.25, 0.3) is 10.9 Å². The predicted octanol–water partition coefficient (Wildman–Crippen LogP) is 4.23. The second kappa shape index (κ2) is 10.6. The summed E-state index contributed by atoms with van der Waals surface area (Å²) in [6, 6.07) is 19.1. The first-order valence-electron chi connectivity index (χ1n) is 11.1. The van der Waals surface area contributed by atoms with Crippen LogP contribution in [0.4, 0.5) is 0 Å². The molecule has 4 aromatic rings. The molecule has 35 heavy (non-hydrogen) atoms. The number of carboxylic acids is 1. The van der Waals surface area contributed by atoms with Gasteiger partial charge in [0.15, 0.2) is 6.61 Å². The number of para-hydroxylation sites is 2. The van der Waals surface area contributed by atoms with E-state index >= 15 is 0 Å². The van der Waals surface area contributed by atoms with Crippen LogP contribution in [0.2, 0.25) is 0 Å². The highest BCUT2D eigenvalue weighted by molar-refractivity contribution is 5.91. The highest BCUT2D eigenvalue weighted by Crippen LogP contribution is 2.26. The number of hydrogen-bond acceptors (Lipinski definition) is 5. The number of amides is 1. The minimum atomic E-state index is -1.17. The molecule has 0 aliphatic rings. The minimum Gasteiger partial charge on any atom is -0.508 e. The maximum Gasteiger partial charge on any atom is 0.339 e. The van der Waals surface area contributed by atoms with Gasteiger partial charge in [-0.3, -0.25) is 4.79 Å². The first-order chi connectivity index (χ1) is 17.0. The summed E-state index contributed by atoms with van der Waals surface area (Å²) in [5, 5.41) is 20.8. The van der Waals surface area contributed by atoms with Crippen molar-refractivity contribution in [2.24, 2.45) is 0 Å². The Hall–Kier alpha value is -4.46. The number of ether oxygens (including phenoxy) is 2. The van der Waals surface area contributed by atoms with Gasteiger partial charge in [-0.15, -0.1) is 0 Å². The maximum absolute atomic E-state index is 13.2. The topological polar surface area (TPSA) is 112 Å². The van der Waals surface area contributed by atoms with Crippen LogP contribution in [0.3, 0.4) is 0 Å². The summed E-state index contributed by atoms with van der Waals surface area (Å²) in [7, 11) is 1.46. The van der Waals surface area contributed by atoms with E-state index in [2.05, 4.69) is 4.98 Å². The molecule has 180 valence electrons. The standard InChI is InChI=1S/C27H26N2O6/c1-34-20-10-11-22(27(32)33)25(14-20)35-17-26(31)29(16-19-6-2-5-9-24(19)30)13-12-18-15-28-23-8-4-3-7-21(18)23/h2-11,14-15,28,30H,12-13,16-17H2,1H3,(H,32,33). The van der Waals surface area contributed by atoms with Gasteiger partial charge in [0.2, 0.25) is 0 Å². The minimum absolute atomic E-state index is 0.0457. The normalized spacial score (nSPS) is 10.8. The predicted molar refractivity (Wildman–Crippen MR) is 131 cm³/mol. The van der Waals surface area contributed by atoms with E-state index in [0.29, 0.717) is 24.3 Å². The van der Waals surface area contributed by atoms with Crippen LogP contribution >= 0.6 is 0 Å². The van der Waals surface area contributed by atoms with Gasteiger partial charge in [0, 0.05) is 41.8 Å². The second-order valence-electron chi connectivity index (χ2n) is 8.01. The summed E-state index contributed by atoms with van der Waals surface area (Å²) in [6.45, 7) is 0.193. The number of aromatic amines is 1. The number of fused-ring (bicyclic) bond motifs is 1. The number of aromatic carboxylic acids is 1. The van der Waals surface area contributed by atoms with Crippen molar-refractivity contribution in [1.29, 1.82) is 0 Å². The highest BCUT2D eigenvalue weighted by atomic mass is 16.5. The van der Waals surface area contributed by atoms with Gasteiger partial charge in [-0.25, -0.2) is 4.79 Å². The summed E-state index contributed by atoms with van der Waals surface area (Å²) in [5.74, 6) is -0.945. The third kappa shape index (κ3) is 5.55. The van der Waals surface area contributed by atoms with Gasteiger partial charge in [0.1, 0.15) is 22.8 Å². The molecule has 0 bridgehead atoms. The van der Waals surface area contributed by atoms with Crippen LogP contribution in [-0.4, -0.2) is 52.2 Å². The number of methoxy groups -OCH3 is 1. The molecule has 0 atom stereocenters. The molecule has 0 spiro atoms. The van der Waals surface area contributed by atoms with Crippen molar-refractivity contribution in [3.63, 3.8) is 0 Å². The van der Waals surface area contributed by atoms with Crippen LogP contribution in [0.15, 0.2) is 72.9 Å². The Kier molecular flexibility index (Phi) is 7.21. The monoisotopic (exact) mass is 474 g/mol. The number of carbonyl (C=O) groups is 2. The van der Waals surface area contributed by atoms with Gasteiger partial charge >= 0.3 is 5.97 Å². The Morgan fingerprint density at radius 1 is 1.00 bits per heavy atom. The van der Waals surface area contributed by atoms with Crippen molar-refractivity contribution in [2.45, 2.75) is 13.0 Å². The van der Waals surface area contributed by atoms with E-state index in [-0.39, 0.29) is 36.1 Å². The fourth-order valence-electron chi connectivity index (χ4n) is 3.89. The Bertz CT molecular complexity index is 1350. The zero-order chi connectivity index (χ0) is 24.8. The Labute approximate surface area is 202 Å². The molecule has 0 saturated heterocycles. The van der Waals surface area contributed by atoms with E-state index in [4.69, 9.17) is 9.47 Å². The summed E-state index contributed by atoms with van der Waals surface area (Å²) in [4.78, 5) is 29.6. The molecule has 3 aromatic carbocycles. The molecule has 0 radical (unpaired) electrons. The van der Waals surface area contributed by atoms with E-state index in [1.54, 1.807) is 29.2 Å². The number of phenolic OH excluding ortho intramolecular Hbond substituents is 1. The Morgan fingerprint density at radius 2 is 1.77 bits per heavy atom. The summed E-state index contributed by atoms with van der Waals surface area (Å²) < 4.78 is 10.8. The number of nitrogens with one attached hydrogen (secondary N) is 1. The van der Waals surface area contributed by atoms with Gasteiger partial charge in [0.05, 0.1) is 7.11 Å². The Balaban J connectivity index is 1.53. The SMILES string of the molecule is COc1ccc(C(=O)O)c(OCC(=O)N(CCc2c[nH]c3ccccc23)Cc2ccccc2O)c1. The molecular formula is C27H26N2O6. The number of phenols is 1. The fraction of sp³-hybridized carbons (Fsp3) is 0.185. The molecule has 1 amide bonds. The van der Waals surface area contributed by atoms with Crippen LogP contribution in [0.1, 0.15) is 21.5 Å². The molecule has 1 heterocycles. The molecule has 0 fully saturated rings. The van der Waals surface area contributed by atoms with Crippen molar-refractivity contribution in [3.8, 4) is 17.2 Å². The third-order valence-corrected chi connectivity index (χ3v) is 5.80. The van der Waals surface area contributed by atoms with Gasteiger partial charge in [-0.2, -0.15) is 0 Å². The molecule has 1 aromatic heterocycles. The molecule has 0 aliphatic heterocycles. The number of hydrogen-bond donors (Lipinski definition) is 3. The molecule has 4 rings (SSSR count). The highest BCUT2D eigenvalue weighted by Gasteiger charge is 2.19. The van der Waals surface area contributed by atoms with Gasteiger partial charge < -0.3 is 29.6 Å². The fourth-order valence-corrected chi connectivity index (χ4v) is 3.89. The van der Waals surface area contributed by atoms with Crippen molar-refractivity contribution in [2.75, 3.05) is 20.3 Å². The molecule has 0 saturated carbocycles. The number of rotatable bonds is 10. The first-order valence-corrected chi connectivity index (χ1v) is 11.1. The third-order valence-electron chi connectivity index (χ3n) is 5.80. The average molecular weight is 475 g/mol. The van der Waals surface area contributed by atoms with E-state index in [9.17, 15) is 19.8 Å². The average Bonchev–Trinajstić information content (AvgIpc) is 3.29. The lowest BCUT2D eigenvalue weighted by Crippen LogP contribution is -2.36. The molecule has 8 heteroatoms. The molecular weight excluding hydrogens is 448 g/mol. The van der Waals surface area contributed by atoms with Crippen LogP contribution in [0, 0.1) is 0 Å². The largest absolute Gasteiger partial charge is 0.508 e. The van der Waals surface area contributed by atoms with Crippen molar-refractivity contribution in [1.82, 2.24) is 9.88 Å². The molecule has 0 aliphatic carbocycles. The van der Waals surface area contributed by atoms with Crippen LogP contribution in [-0.2, 0) is 17.8 Å². The number of nitrogens with zero attached hydrogens (tertiary/aromatic N) is 1. The summed E-state index contributed by atoms with van der Waals surface area (Å²) in [6.07, 6.45) is 2.52. The van der Waals surface area contributed by atoms with E-state index in [1.807, 2.05) is 30.5 Å². The maximum atomic E-state index is 13.2. The smallest absolute Gasteiger partial charge is 0.339 e. The van der Waals surface area contributed by atoms with Crippen molar-refractivity contribution >= 4 is 22.8 Å².